The lowest BCUT2D eigenvalue weighted by Gasteiger charge is -2.09. The van der Waals surface area contributed by atoms with E-state index in [1.54, 1.807) is 36.4 Å². The molecule has 204 valence electrons. The summed E-state index contributed by atoms with van der Waals surface area (Å²) in [6, 6.07) is 25.8. The van der Waals surface area contributed by atoms with Crippen LogP contribution >= 0.6 is 15.9 Å². The molecular weight excluding hydrogens is 586 g/mol. The van der Waals surface area contributed by atoms with Gasteiger partial charge in [0.15, 0.2) is 11.5 Å². The lowest BCUT2D eigenvalue weighted by Crippen LogP contribution is -2.19. The number of esters is 1. The summed E-state index contributed by atoms with van der Waals surface area (Å²) in [5.74, 6) is 0.369. The minimum Gasteiger partial charge on any atom is -0.454 e. The number of hydrogen-bond donors (Lipinski definition) is 2. The number of nitrogens with one attached hydrogen (secondary N) is 2. The number of H-pyrrole nitrogens is 1. The van der Waals surface area contributed by atoms with Gasteiger partial charge in [0.2, 0.25) is 6.79 Å². The number of hydrazone groups is 1. The van der Waals surface area contributed by atoms with E-state index in [4.69, 9.17) is 14.2 Å². The predicted octanol–water partition coefficient (Wildman–Crippen LogP) is 6.87. The third kappa shape index (κ3) is 5.31. The van der Waals surface area contributed by atoms with Crippen LogP contribution in [0.4, 0.5) is 0 Å². The first kappa shape index (κ1) is 26.3. The molecule has 1 aliphatic rings. The van der Waals surface area contributed by atoms with Gasteiger partial charge >= 0.3 is 5.97 Å². The van der Waals surface area contributed by atoms with E-state index in [0.29, 0.717) is 28.3 Å². The second kappa shape index (κ2) is 11.3. The maximum atomic E-state index is 13.4. The number of ether oxygens (including phenoxy) is 3. The number of benzene rings is 4. The van der Waals surface area contributed by atoms with Crippen molar-refractivity contribution in [1.29, 1.82) is 0 Å². The topological polar surface area (TPSA) is 102 Å². The second-order valence-electron chi connectivity index (χ2n) is 9.27. The van der Waals surface area contributed by atoms with Gasteiger partial charge in [-0.15, -0.1) is 0 Å². The van der Waals surface area contributed by atoms with Gasteiger partial charge in [-0.2, -0.15) is 5.10 Å². The van der Waals surface area contributed by atoms with Gasteiger partial charge in [0.05, 0.1) is 11.8 Å². The van der Waals surface area contributed by atoms with Crippen LogP contribution in [0.1, 0.15) is 38.9 Å². The molecule has 0 spiro atoms. The summed E-state index contributed by atoms with van der Waals surface area (Å²) < 4.78 is 17.1. The number of halogens is 1. The first-order chi connectivity index (χ1) is 20.0. The van der Waals surface area contributed by atoms with Crippen molar-refractivity contribution < 1.29 is 23.8 Å². The summed E-state index contributed by atoms with van der Waals surface area (Å²) in [5, 5.41) is 5.17. The highest BCUT2D eigenvalue weighted by Crippen LogP contribution is 2.35. The van der Waals surface area contributed by atoms with Crippen molar-refractivity contribution >= 4 is 44.9 Å². The van der Waals surface area contributed by atoms with E-state index in [0.717, 1.165) is 38.5 Å². The Bertz CT molecular complexity index is 1810. The molecule has 8 nitrogen and oxygen atoms in total. The van der Waals surface area contributed by atoms with Gasteiger partial charge in [0.25, 0.3) is 5.91 Å². The van der Waals surface area contributed by atoms with Crippen molar-refractivity contribution in [3.8, 4) is 28.4 Å². The lowest BCUT2D eigenvalue weighted by molar-refractivity contribution is 0.0733. The monoisotopic (exact) mass is 609 g/mol. The third-order valence-electron chi connectivity index (χ3n) is 6.74. The molecule has 1 amide bonds. The molecule has 0 saturated heterocycles. The quantitative estimate of drug-likeness (QED) is 0.0907. The van der Waals surface area contributed by atoms with Crippen LogP contribution in [-0.4, -0.2) is 29.9 Å². The molecule has 9 heteroatoms. The minimum atomic E-state index is -0.568. The van der Waals surface area contributed by atoms with Crippen LogP contribution in [0, 0.1) is 0 Å². The molecule has 0 radical (unpaired) electrons. The van der Waals surface area contributed by atoms with Crippen LogP contribution in [0.2, 0.25) is 0 Å². The van der Waals surface area contributed by atoms with Crippen molar-refractivity contribution in [2.24, 2.45) is 5.10 Å². The molecule has 2 N–H and O–H groups in total. The fourth-order valence-corrected chi connectivity index (χ4v) is 5.14. The van der Waals surface area contributed by atoms with Crippen molar-refractivity contribution in [2.75, 3.05) is 6.79 Å². The highest BCUT2D eigenvalue weighted by Gasteiger charge is 2.21. The summed E-state index contributed by atoms with van der Waals surface area (Å²) in [4.78, 5) is 29.6. The number of amides is 1. The van der Waals surface area contributed by atoms with E-state index in [1.807, 2.05) is 48.5 Å². The van der Waals surface area contributed by atoms with Crippen LogP contribution < -0.4 is 19.6 Å². The molecule has 5 aromatic rings. The van der Waals surface area contributed by atoms with Gasteiger partial charge in [0, 0.05) is 26.5 Å². The molecule has 1 aliphatic heterocycles. The minimum absolute atomic E-state index is 0.109. The molecule has 1 aromatic heterocycles. The summed E-state index contributed by atoms with van der Waals surface area (Å²) >= 11 is 3.44. The highest BCUT2D eigenvalue weighted by atomic mass is 79.9. The maximum Gasteiger partial charge on any atom is 0.343 e. The van der Waals surface area contributed by atoms with E-state index < -0.39 is 11.9 Å². The first-order valence-electron chi connectivity index (χ1n) is 13.0. The smallest absolute Gasteiger partial charge is 0.343 e. The number of carbonyl (C=O) groups is 2. The van der Waals surface area contributed by atoms with Crippen molar-refractivity contribution in [3.63, 3.8) is 0 Å². The third-order valence-corrected chi connectivity index (χ3v) is 7.24. The van der Waals surface area contributed by atoms with Gasteiger partial charge in [0.1, 0.15) is 11.4 Å². The van der Waals surface area contributed by atoms with Gasteiger partial charge in [-0.1, -0.05) is 71.4 Å². The number of para-hydroxylation sites is 1. The Kier molecular flexibility index (Phi) is 7.26. The Morgan fingerprint density at radius 2 is 1.83 bits per heavy atom. The Morgan fingerprint density at radius 1 is 1.00 bits per heavy atom. The van der Waals surface area contributed by atoms with E-state index in [1.165, 1.54) is 6.21 Å². The van der Waals surface area contributed by atoms with Gasteiger partial charge < -0.3 is 19.2 Å². The summed E-state index contributed by atoms with van der Waals surface area (Å²) in [5.41, 5.74) is 7.61. The Labute approximate surface area is 244 Å². The second-order valence-corrected chi connectivity index (χ2v) is 10.2. The van der Waals surface area contributed by atoms with Crippen molar-refractivity contribution in [3.05, 3.63) is 112 Å². The van der Waals surface area contributed by atoms with Gasteiger partial charge in [-0.25, -0.2) is 10.2 Å². The average molecular weight is 610 g/mol. The van der Waals surface area contributed by atoms with E-state index in [-0.39, 0.29) is 12.5 Å². The van der Waals surface area contributed by atoms with Crippen LogP contribution in [0.5, 0.6) is 17.2 Å². The number of hydrogen-bond acceptors (Lipinski definition) is 6. The zero-order chi connectivity index (χ0) is 28.3. The zero-order valence-corrected chi connectivity index (χ0v) is 23.5. The van der Waals surface area contributed by atoms with Gasteiger partial charge in [-0.05, 0) is 53.9 Å². The number of fused-ring (bicyclic) bond motifs is 2. The number of rotatable bonds is 7. The number of aromatic amines is 1. The Morgan fingerprint density at radius 3 is 2.66 bits per heavy atom. The van der Waals surface area contributed by atoms with Crippen molar-refractivity contribution in [1.82, 2.24) is 10.4 Å². The van der Waals surface area contributed by atoms with Gasteiger partial charge in [-0.3, -0.25) is 4.79 Å². The SMILES string of the molecule is CCc1cccc2c(-c3ccccc3)c(C(=O)NN=Cc3cc(Br)ccc3OC(=O)c3ccc4c(c3)OCO4)[nH]c12. The Balaban J connectivity index is 1.26. The van der Waals surface area contributed by atoms with Crippen molar-refractivity contribution in [2.45, 2.75) is 13.3 Å². The predicted molar refractivity (Wildman–Crippen MR) is 160 cm³/mol. The molecule has 0 saturated carbocycles. The summed E-state index contributed by atoms with van der Waals surface area (Å²) in [7, 11) is 0. The molecule has 4 aromatic carbocycles. The maximum absolute atomic E-state index is 13.4. The molecule has 0 atom stereocenters. The molecule has 6 rings (SSSR count). The van der Waals surface area contributed by atoms with Crippen LogP contribution in [-0.2, 0) is 6.42 Å². The summed E-state index contributed by atoms with van der Waals surface area (Å²) in [6.07, 6.45) is 2.26. The van der Waals surface area contributed by atoms with Crippen LogP contribution in [0.25, 0.3) is 22.0 Å². The number of nitrogens with zero attached hydrogens (tertiary/aromatic N) is 1. The molecule has 2 heterocycles. The molecule has 0 unspecified atom stereocenters. The lowest BCUT2D eigenvalue weighted by atomic mass is 10.00. The number of carbonyl (C=O) groups excluding carboxylic acids is 2. The fraction of sp³-hybridized carbons (Fsp3) is 0.0938. The molecule has 0 aliphatic carbocycles. The van der Waals surface area contributed by atoms with Crippen LogP contribution in [0.3, 0.4) is 0 Å². The molecule has 0 fully saturated rings. The normalized spacial score (nSPS) is 12.1. The average Bonchev–Trinajstić information content (AvgIpc) is 3.63. The highest BCUT2D eigenvalue weighted by molar-refractivity contribution is 9.10. The van der Waals surface area contributed by atoms with E-state index >= 15 is 0 Å². The van der Waals surface area contributed by atoms with E-state index in [9.17, 15) is 9.59 Å². The fourth-order valence-electron chi connectivity index (χ4n) is 4.76. The largest absolute Gasteiger partial charge is 0.454 e. The molecule has 41 heavy (non-hydrogen) atoms. The van der Waals surface area contributed by atoms with Crippen LogP contribution in [0.15, 0.2) is 94.5 Å². The zero-order valence-electron chi connectivity index (χ0n) is 21.9. The number of aromatic nitrogens is 1. The Hall–Kier alpha value is -4.89. The first-order valence-corrected chi connectivity index (χ1v) is 13.7. The van der Waals surface area contributed by atoms with E-state index in [2.05, 4.69) is 38.4 Å². The number of aryl methyl sites for hydroxylation is 1. The molecule has 0 bridgehead atoms. The standard InChI is InChI=1S/C32H24BrN3O5/c1-2-19-9-6-10-24-28(20-7-4-3-5-8-20)30(35-29(19)24)31(37)36-34-17-22-15-23(33)12-14-25(22)41-32(38)21-11-13-26-27(16-21)40-18-39-26/h3-17,35H,2,18H2,1H3,(H,36,37). The molecular formula is C32H24BrN3O5. The summed E-state index contributed by atoms with van der Waals surface area (Å²) in [6.45, 7) is 2.19.